The molecule has 0 aliphatic carbocycles. The lowest BCUT2D eigenvalue weighted by molar-refractivity contribution is 0.522. The van der Waals surface area contributed by atoms with Gasteiger partial charge in [0.1, 0.15) is 0 Å². The molecule has 1 heterocycles. The van der Waals surface area contributed by atoms with Gasteiger partial charge in [0.25, 0.3) is 0 Å². The fourth-order valence-corrected chi connectivity index (χ4v) is 1.57. The quantitative estimate of drug-likeness (QED) is 0.742. The van der Waals surface area contributed by atoms with Gasteiger partial charge in [0, 0.05) is 24.9 Å². The van der Waals surface area contributed by atoms with E-state index in [1.54, 1.807) is 0 Å². The summed E-state index contributed by atoms with van der Waals surface area (Å²) in [5, 5.41) is 3.46. The molecule has 15 heavy (non-hydrogen) atoms. The van der Waals surface area contributed by atoms with Gasteiger partial charge in [0.15, 0.2) is 0 Å². The van der Waals surface area contributed by atoms with E-state index in [9.17, 15) is 0 Å². The molecule has 0 saturated heterocycles. The number of nitrogens with one attached hydrogen (secondary N) is 1. The molecule has 0 aliphatic rings. The number of aromatic nitrogens is 1. The Kier molecular flexibility index (Phi) is 5.50. The fraction of sp³-hybridized carbons (Fsp3) is 0.462. The average molecular weight is 202 g/mol. The molecule has 0 radical (unpaired) electrons. The standard InChI is InChI=1S/C13H18N2/c1-3-5-6-7-13(15-4-2)12-8-10-14-11-9-12/h8-11,13,15H,4,6-7H2,1-2H3. The van der Waals surface area contributed by atoms with E-state index in [0.717, 1.165) is 19.4 Å². The Morgan fingerprint density at radius 1 is 1.40 bits per heavy atom. The molecule has 0 aromatic carbocycles. The summed E-state index contributed by atoms with van der Waals surface area (Å²) in [5.41, 5.74) is 1.30. The molecule has 1 atom stereocenters. The van der Waals surface area contributed by atoms with E-state index in [1.165, 1.54) is 5.56 Å². The van der Waals surface area contributed by atoms with Crippen molar-refractivity contribution in [2.75, 3.05) is 6.54 Å². The zero-order chi connectivity index (χ0) is 10.9. The number of hydrogen-bond acceptors (Lipinski definition) is 2. The molecular formula is C13H18N2. The first-order chi connectivity index (χ1) is 7.38. The van der Waals surface area contributed by atoms with Crippen molar-refractivity contribution in [2.24, 2.45) is 0 Å². The fourth-order valence-electron chi connectivity index (χ4n) is 1.57. The maximum atomic E-state index is 4.03. The summed E-state index contributed by atoms with van der Waals surface area (Å²) >= 11 is 0. The smallest absolute Gasteiger partial charge is 0.0330 e. The van der Waals surface area contributed by atoms with E-state index in [2.05, 4.69) is 41.2 Å². The van der Waals surface area contributed by atoms with Gasteiger partial charge in [0.05, 0.1) is 0 Å². The van der Waals surface area contributed by atoms with Gasteiger partial charge in [0.2, 0.25) is 0 Å². The van der Waals surface area contributed by atoms with E-state index in [1.807, 2.05) is 19.3 Å². The minimum absolute atomic E-state index is 0.402. The van der Waals surface area contributed by atoms with Crippen LogP contribution in [0.2, 0.25) is 0 Å². The summed E-state index contributed by atoms with van der Waals surface area (Å²) in [7, 11) is 0. The maximum absolute atomic E-state index is 4.03. The Hall–Kier alpha value is -1.33. The molecule has 1 aromatic heterocycles. The summed E-state index contributed by atoms with van der Waals surface area (Å²) in [4.78, 5) is 4.03. The molecular weight excluding hydrogens is 184 g/mol. The number of nitrogens with zero attached hydrogens (tertiary/aromatic N) is 1. The molecule has 80 valence electrons. The first kappa shape index (κ1) is 11.7. The van der Waals surface area contributed by atoms with Crippen molar-refractivity contribution in [2.45, 2.75) is 32.7 Å². The van der Waals surface area contributed by atoms with Crippen molar-refractivity contribution in [1.29, 1.82) is 0 Å². The van der Waals surface area contributed by atoms with Crippen LogP contribution in [-0.2, 0) is 0 Å². The Morgan fingerprint density at radius 3 is 2.73 bits per heavy atom. The summed E-state index contributed by atoms with van der Waals surface area (Å²) in [6.07, 6.45) is 5.67. The number of pyridine rings is 1. The van der Waals surface area contributed by atoms with Gasteiger partial charge in [-0.2, -0.15) is 0 Å². The zero-order valence-electron chi connectivity index (χ0n) is 9.46. The molecule has 0 fully saturated rings. The van der Waals surface area contributed by atoms with E-state index < -0.39 is 0 Å². The van der Waals surface area contributed by atoms with E-state index in [-0.39, 0.29) is 0 Å². The molecule has 0 amide bonds. The predicted molar refractivity (Wildman–Crippen MR) is 63.3 cm³/mol. The van der Waals surface area contributed by atoms with Crippen LogP contribution in [-0.4, -0.2) is 11.5 Å². The van der Waals surface area contributed by atoms with Crippen LogP contribution in [0.5, 0.6) is 0 Å². The first-order valence-electron chi connectivity index (χ1n) is 5.41. The van der Waals surface area contributed by atoms with Crippen molar-refractivity contribution >= 4 is 0 Å². The highest BCUT2D eigenvalue weighted by atomic mass is 14.9. The van der Waals surface area contributed by atoms with Gasteiger partial charge in [-0.1, -0.05) is 6.92 Å². The highest BCUT2D eigenvalue weighted by molar-refractivity contribution is 5.15. The maximum Gasteiger partial charge on any atom is 0.0330 e. The van der Waals surface area contributed by atoms with Crippen molar-refractivity contribution in [3.8, 4) is 11.8 Å². The molecule has 1 rings (SSSR count). The highest BCUT2D eigenvalue weighted by Crippen LogP contribution is 2.16. The SMILES string of the molecule is CC#CCCC(NCC)c1ccncc1. The van der Waals surface area contributed by atoms with Crippen molar-refractivity contribution < 1.29 is 0 Å². The van der Waals surface area contributed by atoms with Crippen LogP contribution in [0.3, 0.4) is 0 Å². The van der Waals surface area contributed by atoms with Crippen LogP contribution in [0.25, 0.3) is 0 Å². The summed E-state index contributed by atoms with van der Waals surface area (Å²) in [5.74, 6) is 6.03. The molecule has 0 bridgehead atoms. The zero-order valence-corrected chi connectivity index (χ0v) is 9.46. The van der Waals surface area contributed by atoms with Crippen molar-refractivity contribution in [3.05, 3.63) is 30.1 Å². The lowest BCUT2D eigenvalue weighted by Gasteiger charge is -2.16. The van der Waals surface area contributed by atoms with Gasteiger partial charge in [-0.25, -0.2) is 0 Å². The Morgan fingerprint density at radius 2 is 2.13 bits per heavy atom. The second-order valence-corrected chi connectivity index (χ2v) is 3.36. The minimum Gasteiger partial charge on any atom is -0.310 e. The van der Waals surface area contributed by atoms with Crippen LogP contribution in [0.15, 0.2) is 24.5 Å². The highest BCUT2D eigenvalue weighted by Gasteiger charge is 2.08. The molecule has 1 N–H and O–H groups in total. The monoisotopic (exact) mass is 202 g/mol. The second kappa shape index (κ2) is 7.03. The second-order valence-electron chi connectivity index (χ2n) is 3.36. The van der Waals surface area contributed by atoms with Crippen LogP contribution in [0.4, 0.5) is 0 Å². The van der Waals surface area contributed by atoms with E-state index >= 15 is 0 Å². The van der Waals surface area contributed by atoms with Crippen LogP contribution >= 0.6 is 0 Å². The molecule has 0 aliphatic heterocycles. The van der Waals surface area contributed by atoms with E-state index in [0.29, 0.717) is 6.04 Å². The summed E-state index contributed by atoms with van der Waals surface area (Å²) in [6.45, 7) is 4.99. The Labute approximate surface area is 92.1 Å². The Bertz CT molecular complexity index is 321. The molecule has 0 spiro atoms. The lowest BCUT2D eigenvalue weighted by Crippen LogP contribution is -2.20. The lowest BCUT2D eigenvalue weighted by atomic mass is 10.0. The molecule has 0 saturated carbocycles. The molecule has 2 heteroatoms. The Balaban J connectivity index is 2.60. The van der Waals surface area contributed by atoms with Gasteiger partial charge in [-0.3, -0.25) is 4.98 Å². The average Bonchev–Trinajstić information content (AvgIpc) is 2.29. The van der Waals surface area contributed by atoms with E-state index in [4.69, 9.17) is 0 Å². The van der Waals surface area contributed by atoms with Crippen molar-refractivity contribution in [1.82, 2.24) is 10.3 Å². The largest absolute Gasteiger partial charge is 0.310 e. The predicted octanol–water partition coefficient (Wildman–Crippen LogP) is 2.54. The third-order valence-electron chi connectivity index (χ3n) is 2.29. The van der Waals surface area contributed by atoms with Gasteiger partial charge in [-0.05, 0) is 37.6 Å². The molecule has 1 aromatic rings. The van der Waals surface area contributed by atoms with Gasteiger partial charge >= 0.3 is 0 Å². The summed E-state index contributed by atoms with van der Waals surface area (Å²) in [6, 6.07) is 4.53. The first-order valence-corrected chi connectivity index (χ1v) is 5.41. The van der Waals surface area contributed by atoms with Gasteiger partial charge < -0.3 is 5.32 Å². The molecule has 1 unspecified atom stereocenters. The number of hydrogen-bond donors (Lipinski definition) is 1. The topological polar surface area (TPSA) is 24.9 Å². The van der Waals surface area contributed by atoms with Crippen LogP contribution in [0.1, 0.15) is 38.3 Å². The molecule has 2 nitrogen and oxygen atoms in total. The van der Waals surface area contributed by atoms with Gasteiger partial charge in [-0.15, -0.1) is 11.8 Å². The number of rotatable bonds is 5. The minimum atomic E-state index is 0.402. The third kappa shape index (κ3) is 4.14. The van der Waals surface area contributed by atoms with Crippen LogP contribution in [0, 0.1) is 11.8 Å². The third-order valence-corrected chi connectivity index (χ3v) is 2.29. The van der Waals surface area contributed by atoms with Crippen LogP contribution < -0.4 is 5.32 Å². The van der Waals surface area contributed by atoms with Crippen molar-refractivity contribution in [3.63, 3.8) is 0 Å². The summed E-state index contributed by atoms with van der Waals surface area (Å²) < 4.78 is 0. The normalized spacial score (nSPS) is 11.6.